The molecule has 1 aromatic rings. The number of hydrogen-bond acceptors (Lipinski definition) is 4. The first-order valence-corrected chi connectivity index (χ1v) is 6.80. The molecule has 0 unspecified atom stereocenters. The molecule has 0 spiro atoms. The molecule has 1 aliphatic heterocycles. The second-order valence-corrected chi connectivity index (χ2v) is 5.36. The summed E-state index contributed by atoms with van der Waals surface area (Å²) in [5.41, 5.74) is 1.17. The zero-order valence-corrected chi connectivity index (χ0v) is 12.3. The third-order valence-corrected chi connectivity index (χ3v) is 3.87. The van der Waals surface area contributed by atoms with Crippen molar-refractivity contribution < 1.29 is 9.47 Å². The number of methoxy groups -OCH3 is 1. The van der Waals surface area contributed by atoms with E-state index in [0.717, 1.165) is 32.1 Å². The standard InChI is InChI=1S/C12H17IN2O2/c1-9-7-15(5-6-17-9)8-10-11(13)3-4-14-12(10)16-2/h3-4,9H,5-8H2,1-2H3/t9-/m1/s1. The molecule has 0 saturated carbocycles. The van der Waals surface area contributed by atoms with Crippen molar-refractivity contribution in [3.05, 3.63) is 21.4 Å². The summed E-state index contributed by atoms with van der Waals surface area (Å²) in [5, 5.41) is 0. The third-order valence-electron chi connectivity index (χ3n) is 2.86. The van der Waals surface area contributed by atoms with E-state index < -0.39 is 0 Å². The molecular formula is C12H17IN2O2. The van der Waals surface area contributed by atoms with Crippen molar-refractivity contribution in [1.29, 1.82) is 0 Å². The number of halogens is 1. The molecule has 0 aromatic carbocycles. The van der Waals surface area contributed by atoms with Crippen LogP contribution in [0.5, 0.6) is 5.88 Å². The van der Waals surface area contributed by atoms with Gasteiger partial charge in [-0.25, -0.2) is 4.98 Å². The lowest BCUT2D eigenvalue weighted by molar-refractivity contribution is -0.0215. The van der Waals surface area contributed by atoms with Gasteiger partial charge in [0.2, 0.25) is 5.88 Å². The Morgan fingerprint density at radius 2 is 2.47 bits per heavy atom. The molecule has 1 fully saturated rings. The van der Waals surface area contributed by atoms with Crippen molar-refractivity contribution in [2.75, 3.05) is 26.8 Å². The Hall–Kier alpha value is -0.400. The molecule has 5 heteroatoms. The van der Waals surface area contributed by atoms with Gasteiger partial charge >= 0.3 is 0 Å². The number of hydrogen-bond donors (Lipinski definition) is 0. The van der Waals surface area contributed by atoms with Crippen molar-refractivity contribution in [2.45, 2.75) is 19.6 Å². The summed E-state index contributed by atoms with van der Waals surface area (Å²) >= 11 is 2.33. The Bertz CT molecular complexity index is 387. The summed E-state index contributed by atoms with van der Waals surface area (Å²) in [6.45, 7) is 5.73. The third kappa shape index (κ3) is 3.29. The molecule has 0 N–H and O–H groups in total. The molecule has 1 atom stereocenters. The van der Waals surface area contributed by atoms with E-state index in [9.17, 15) is 0 Å². The molecule has 2 rings (SSSR count). The van der Waals surface area contributed by atoms with Gasteiger partial charge in [0.25, 0.3) is 0 Å². The van der Waals surface area contributed by atoms with Gasteiger partial charge in [0.1, 0.15) is 0 Å². The van der Waals surface area contributed by atoms with Gasteiger partial charge in [-0.3, -0.25) is 4.90 Å². The lowest BCUT2D eigenvalue weighted by Gasteiger charge is -2.31. The number of morpholine rings is 1. The zero-order valence-electron chi connectivity index (χ0n) is 10.1. The summed E-state index contributed by atoms with van der Waals surface area (Å²) in [6.07, 6.45) is 2.09. The van der Waals surface area contributed by atoms with E-state index in [0.29, 0.717) is 6.10 Å². The molecule has 0 amide bonds. The molecule has 17 heavy (non-hydrogen) atoms. The number of pyridine rings is 1. The van der Waals surface area contributed by atoms with E-state index >= 15 is 0 Å². The van der Waals surface area contributed by atoms with Crippen LogP contribution in [-0.4, -0.2) is 42.8 Å². The average molecular weight is 348 g/mol. The lowest BCUT2D eigenvalue weighted by atomic mass is 10.2. The monoisotopic (exact) mass is 348 g/mol. The normalized spacial score (nSPS) is 21.5. The molecule has 94 valence electrons. The van der Waals surface area contributed by atoms with Gasteiger partial charge in [0.15, 0.2) is 0 Å². The van der Waals surface area contributed by atoms with Gasteiger partial charge in [0.05, 0.1) is 19.8 Å². The van der Waals surface area contributed by atoms with Gasteiger partial charge < -0.3 is 9.47 Å². The van der Waals surface area contributed by atoms with Crippen LogP contribution in [0.25, 0.3) is 0 Å². The Kier molecular flexibility index (Phi) is 4.58. The second-order valence-electron chi connectivity index (χ2n) is 4.20. The van der Waals surface area contributed by atoms with E-state index in [2.05, 4.69) is 39.4 Å². The zero-order chi connectivity index (χ0) is 12.3. The predicted molar refractivity (Wildman–Crippen MR) is 74.2 cm³/mol. The van der Waals surface area contributed by atoms with Gasteiger partial charge in [-0.15, -0.1) is 0 Å². The fourth-order valence-electron chi connectivity index (χ4n) is 2.03. The maximum Gasteiger partial charge on any atom is 0.218 e. The van der Waals surface area contributed by atoms with E-state index in [1.54, 1.807) is 13.3 Å². The van der Waals surface area contributed by atoms with E-state index in [1.165, 1.54) is 9.13 Å². The van der Waals surface area contributed by atoms with Crippen LogP contribution in [0.3, 0.4) is 0 Å². The van der Waals surface area contributed by atoms with Gasteiger partial charge in [0, 0.05) is 35.0 Å². The van der Waals surface area contributed by atoms with E-state index in [-0.39, 0.29) is 0 Å². The Balaban J connectivity index is 2.12. The first kappa shape index (κ1) is 13.0. The molecule has 0 bridgehead atoms. The molecular weight excluding hydrogens is 331 g/mol. The fraction of sp³-hybridized carbons (Fsp3) is 0.583. The molecule has 2 heterocycles. The van der Waals surface area contributed by atoms with Crippen LogP contribution in [0.2, 0.25) is 0 Å². The molecule has 1 aliphatic rings. The summed E-state index contributed by atoms with van der Waals surface area (Å²) < 4.78 is 12.1. The minimum Gasteiger partial charge on any atom is -0.481 e. The highest BCUT2D eigenvalue weighted by Gasteiger charge is 2.19. The molecule has 4 nitrogen and oxygen atoms in total. The highest BCUT2D eigenvalue weighted by Crippen LogP contribution is 2.23. The number of nitrogens with zero attached hydrogens (tertiary/aromatic N) is 2. The van der Waals surface area contributed by atoms with Crippen LogP contribution in [0.1, 0.15) is 12.5 Å². The van der Waals surface area contributed by atoms with Crippen LogP contribution in [-0.2, 0) is 11.3 Å². The summed E-state index contributed by atoms with van der Waals surface area (Å²) in [7, 11) is 1.67. The summed E-state index contributed by atoms with van der Waals surface area (Å²) in [5.74, 6) is 0.732. The van der Waals surface area contributed by atoms with Crippen LogP contribution < -0.4 is 4.74 Å². The highest BCUT2D eigenvalue weighted by molar-refractivity contribution is 14.1. The van der Waals surface area contributed by atoms with Crippen LogP contribution >= 0.6 is 22.6 Å². The van der Waals surface area contributed by atoms with Gasteiger partial charge in [-0.2, -0.15) is 0 Å². The first-order chi connectivity index (χ1) is 8.20. The van der Waals surface area contributed by atoms with Crippen LogP contribution in [0, 0.1) is 3.57 Å². The fourth-order valence-corrected chi connectivity index (χ4v) is 2.59. The summed E-state index contributed by atoms with van der Waals surface area (Å²) in [6, 6.07) is 2.02. The minimum absolute atomic E-state index is 0.309. The van der Waals surface area contributed by atoms with Crippen molar-refractivity contribution in [2.24, 2.45) is 0 Å². The second kappa shape index (κ2) is 5.97. The highest BCUT2D eigenvalue weighted by atomic mass is 127. The lowest BCUT2D eigenvalue weighted by Crippen LogP contribution is -2.40. The number of ether oxygens (including phenoxy) is 2. The van der Waals surface area contributed by atoms with Gasteiger partial charge in [-0.1, -0.05) is 0 Å². The van der Waals surface area contributed by atoms with Crippen LogP contribution in [0.15, 0.2) is 12.3 Å². The topological polar surface area (TPSA) is 34.6 Å². The summed E-state index contributed by atoms with van der Waals surface area (Å²) in [4.78, 5) is 6.64. The Morgan fingerprint density at radius 1 is 1.65 bits per heavy atom. The van der Waals surface area contributed by atoms with E-state index in [1.807, 2.05) is 6.07 Å². The first-order valence-electron chi connectivity index (χ1n) is 5.72. The smallest absolute Gasteiger partial charge is 0.218 e. The number of rotatable bonds is 3. The van der Waals surface area contributed by atoms with Gasteiger partial charge in [-0.05, 0) is 35.6 Å². The van der Waals surface area contributed by atoms with Crippen molar-refractivity contribution >= 4 is 22.6 Å². The van der Waals surface area contributed by atoms with Crippen molar-refractivity contribution in [1.82, 2.24) is 9.88 Å². The molecule has 1 saturated heterocycles. The molecule has 0 aliphatic carbocycles. The largest absolute Gasteiger partial charge is 0.481 e. The maximum atomic E-state index is 5.54. The number of aromatic nitrogens is 1. The van der Waals surface area contributed by atoms with E-state index in [4.69, 9.17) is 9.47 Å². The Labute approximate surface area is 115 Å². The van der Waals surface area contributed by atoms with Crippen molar-refractivity contribution in [3.63, 3.8) is 0 Å². The quantitative estimate of drug-likeness (QED) is 0.782. The molecule has 0 radical (unpaired) electrons. The maximum absolute atomic E-state index is 5.54. The Morgan fingerprint density at radius 3 is 3.18 bits per heavy atom. The molecule has 1 aromatic heterocycles. The minimum atomic E-state index is 0.309. The SMILES string of the molecule is COc1nccc(I)c1CN1CCO[C@H](C)C1. The van der Waals surface area contributed by atoms with Crippen molar-refractivity contribution in [3.8, 4) is 5.88 Å². The predicted octanol–water partition coefficient (Wildman–Crippen LogP) is 1.92. The average Bonchev–Trinajstić information content (AvgIpc) is 2.32. The van der Waals surface area contributed by atoms with Crippen LogP contribution in [0.4, 0.5) is 0 Å².